The van der Waals surface area contributed by atoms with Crippen molar-refractivity contribution in [2.24, 2.45) is 0 Å². The van der Waals surface area contributed by atoms with Crippen LogP contribution in [0.15, 0.2) is 36.7 Å². The molecule has 0 fully saturated rings. The van der Waals surface area contributed by atoms with Crippen LogP contribution >= 0.6 is 23.2 Å². The fourth-order valence-electron chi connectivity index (χ4n) is 1.54. The first-order valence-electron chi connectivity index (χ1n) is 5.40. The Morgan fingerprint density at radius 1 is 1.11 bits per heavy atom. The molecule has 2 rings (SSSR count). The summed E-state index contributed by atoms with van der Waals surface area (Å²) in [5, 5.41) is 3.97. The van der Waals surface area contributed by atoms with Crippen LogP contribution in [-0.2, 0) is 13.1 Å². The highest BCUT2D eigenvalue weighted by Gasteiger charge is 2.02. The summed E-state index contributed by atoms with van der Waals surface area (Å²) in [6.07, 6.45) is 3.30. The predicted octanol–water partition coefficient (Wildman–Crippen LogP) is 3.82. The van der Waals surface area contributed by atoms with E-state index in [-0.39, 0.29) is 5.02 Å². The topological polar surface area (TPSA) is 24.9 Å². The van der Waals surface area contributed by atoms with Gasteiger partial charge in [0.25, 0.3) is 0 Å². The molecule has 94 valence electrons. The normalized spacial score (nSPS) is 10.6. The third-order valence-corrected chi connectivity index (χ3v) is 3.11. The molecule has 0 radical (unpaired) electrons. The second-order valence-electron chi connectivity index (χ2n) is 3.82. The van der Waals surface area contributed by atoms with E-state index in [1.807, 2.05) is 6.07 Å². The molecule has 0 aliphatic carbocycles. The van der Waals surface area contributed by atoms with Crippen LogP contribution in [0.4, 0.5) is 4.39 Å². The minimum Gasteiger partial charge on any atom is -0.309 e. The zero-order valence-corrected chi connectivity index (χ0v) is 11.0. The molecule has 5 heteroatoms. The molecule has 0 saturated carbocycles. The molecule has 0 atom stereocenters. The fourth-order valence-corrected chi connectivity index (χ4v) is 1.93. The van der Waals surface area contributed by atoms with Crippen molar-refractivity contribution in [1.29, 1.82) is 0 Å². The van der Waals surface area contributed by atoms with Gasteiger partial charge in [-0.15, -0.1) is 0 Å². The number of pyridine rings is 1. The maximum absolute atomic E-state index is 13.0. The number of nitrogens with one attached hydrogen (secondary N) is 1. The molecule has 0 unspecified atom stereocenters. The predicted molar refractivity (Wildman–Crippen MR) is 71.2 cm³/mol. The van der Waals surface area contributed by atoms with E-state index >= 15 is 0 Å². The van der Waals surface area contributed by atoms with Gasteiger partial charge in [-0.1, -0.05) is 29.3 Å². The average Bonchev–Trinajstić information content (AvgIpc) is 2.36. The van der Waals surface area contributed by atoms with Crippen LogP contribution in [0.25, 0.3) is 0 Å². The molecule has 0 saturated heterocycles. The second-order valence-corrected chi connectivity index (χ2v) is 4.63. The van der Waals surface area contributed by atoms with Crippen molar-refractivity contribution in [2.75, 3.05) is 0 Å². The van der Waals surface area contributed by atoms with Crippen LogP contribution < -0.4 is 5.32 Å². The molecule has 1 N–H and O–H groups in total. The summed E-state index contributed by atoms with van der Waals surface area (Å²) < 4.78 is 13.0. The Bertz CT molecular complexity index is 546. The monoisotopic (exact) mass is 284 g/mol. The highest BCUT2D eigenvalue weighted by molar-refractivity contribution is 6.31. The van der Waals surface area contributed by atoms with Gasteiger partial charge in [0, 0.05) is 25.5 Å². The van der Waals surface area contributed by atoms with E-state index in [0.29, 0.717) is 18.1 Å². The van der Waals surface area contributed by atoms with Crippen LogP contribution in [0.5, 0.6) is 0 Å². The van der Waals surface area contributed by atoms with Gasteiger partial charge in [-0.2, -0.15) is 0 Å². The Morgan fingerprint density at radius 2 is 1.94 bits per heavy atom. The molecule has 0 spiro atoms. The molecule has 0 aliphatic rings. The maximum atomic E-state index is 13.0. The van der Waals surface area contributed by atoms with Crippen molar-refractivity contribution >= 4 is 23.2 Å². The van der Waals surface area contributed by atoms with E-state index in [4.69, 9.17) is 23.2 Å². The van der Waals surface area contributed by atoms with Crippen LogP contribution in [0, 0.1) is 5.82 Å². The summed E-state index contributed by atoms with van der Waals surface area (Å²) in [5.41, 5.74) is 1.89. The molecule has 2 nitrogen and oxygen atoms in total. The number of rotatable bonds is 4. The van der Waals surface area contributed by atoms with Gasteiger partial charge in [-0.25, -0.2) is 4.39 Å². The van der Waals surface area contributed by atoms with Crippen molar-refractivity contribution in [1.82, 2.24) is 10.3 Å². The summed E-state index contributed by atoms with van der Waals surface area (Å²) >= 11 is 11.7. The average molecular weight is 285 g/mol. The van der Waals surface area contributed by atoms with Gasteiger partial charge in [0.05, 0.1) is 10.0 Å². The Hall–Kier alpha value is -1.16. The summed E-state index contributed by atoms with van der Waals surface area (Å²) in [6, 6.07) is 6.52. The second kappa shape index (κ2) is 6.14. The van der Waals surface area contributed by atoms with Crippen LogP contribution in [0.3, 0.4) is 0 Å². The minimum atomic E-state index is -0.405. The van der Waals surface area contributed by atoms with Crippen molar-refractivity contribution in [3.05, 3.63) is 63.6 Å². The molecule has 1 aromatic heterocycles. The molecule has 0 bridgehead atoms. The maximum Gasteiger partial charge on any atom is 0.141 e. The number of hydrogen-bond acceptors (Lipinski definition) is 2. The lowest BCUT2D eigenvalue weighted by atomic mass is 10.2. The Labute approximate surface area is 115 Å². The Balaban J connectivity index is 1.92. The quantitative estimate of drug-likeness (QED) is 0.923. The minimum absolute atomic E-state index is 0.135. The highest BCUT2D eigenvalue weighted by Crippen LogP contribution is 2.16. The van der Waals surface area contributed by atoms with Crippen molar-refractivity contribution in [3.8, 4) is 0 Å². The lowest BCUT2D eigenvalue weighted by Crippen LogP contribution is -2.13. The largest absolute Gasteiger partial charge is 0.309 e. The number of halogens is 3. The molecule has 1 aromatic carbocycles. The number of hydrogen-bond donors (Lipinski definition) is 1. The molecule has 0 aliphatic heterocycles. The Morgan fingerprint density at radius 3 is 2.67 bits per heavy atom. The van der Waals surface area contributed by atoms with E-state index in [9.17, 15) is 4.39 Å². The van der Waals surface area contributed by atoms with E-state index in [1.54, 1.807) is 24.5 Å². The van der Waals surface area contributed by atoms with Crippen molar-refractivity contribution in [2.45, 2.75) is 13.1 Å². The van der Waals surface area contributed by atoms with Gasteiger partial charge < -0.3 is 5.32 Å². The Kier molecular flexibility index (Phi) is 4.53. The number of aromatic nitrogens is 1. The highest BCUT2D eigenvalue weighted by atomic mass is 35.5. The van der Waals surface area contributed by atoms with E-state index in [2.05, 4.69) is 10.3 Å². The summed E-state index contributed by atoms with van der Waals surface area (Å²) in [6.45, 7) is 1.22. The van der Waals surface area contributed by atoms with Crippen LogP contribution in [0.1, 0.15) is 11.1 Å². The van der Waals surface area contributed by atoms with E-state index < -0.39 is 5.82 Å². The lowest BCUT2D eigenvalue weighted by Gasteiger charge is -2.07. The first-order valence-corrected chi connectivity index (χ1v) is 6.15. The molecular weight excluding hydrogens is 274 g/mol. The summed E-state index contributed by atoms with van der Waals surface area (Å²) in [4.78, 5) is 3.91. The van der Waals surface area contributed by atoms with E-state index in [1.165, 1.54) is 6.07 Å². The van der Waals surface area contributed by atoms with Gasteiger partial charge in [0.15, 0.2) is 0 Å². The van der Waals surface area contributed by atoms with E-state index in [0.717, 1.165) is 11.1 Å². The first-order chi connectivity index (χ1) is 8.66. The smallest absolute Gasteiger partial charge is 0.141 e. The third kappa shape index (κ3) is 3.42. The molecule has 0 amide bonds. The molecule has 2 aromatic rings. The van der Waals surface area contributed by atoms with Gasteiger partial charge in [-0.05, 0) is 29.3 Å². The summed E-state index contributed by atoms with van der Waals surface area (Å²) in [5.74, 6) is -0.405. The number of nitrogens with zero attached hydrogens (tertiary/aromatic N) is 1. The van der Waals surface area contributed by atoms with Crippen LogP contribution in [-0.4, -0.2) is 4.98 Å². The van der Waals surface area contributed by atoms with Crippen molar-refractivity contribution in [3.63, 3.8) is 0 Å². The zero-order valence-electron chi connectivity index (χ0n) is 9.46. The SMILES string of the molecule is Fc1ccc(CNCc2ccncc2Cl)cc1Cl. The third-order valence-electron chi connectivity index (χ3n) is 2.49. The van der Waals surface area contributed by atoms with Crippen LogP contribution in [0.2, 0.25) is 10.0 Å². The van der Waals surface area contributed by atoms with Crippen molar-refractivity contribution < 1.29 is 4.39 Å². The fraction of sp³-hybridized carbons (Fsp3) is 0.154. The molecule has 18 heavy (non-hydrogen) atoms. The van der Waals surface area contributed by atoms with Gasteiger partial charge in [-0.3, -0.25) is 4.98 Å². The molecular formula is C13H11Cl2FN2. The lowest BCUT2D eigenvalue weighted by molar-refractivity contribution is 0.625. The molecule has 1 heterocycles. The van der Waals surface area contributed by atoms with Gasteiger partial charge >= 0.3 is 0 Å². The number of benzene rings is 1. The zero-order chi connectivity index (χ0) is 13.0. The summed E-state index contributed by atoms with van der Waals surface area (Å²) in [7, 11) is 0. The first kappa shape index (κ1) is 13.3. The van der Waals surface area contributed by atoms with Gasteiger partial charge in [0.2, 0.25) is 0 Å². The standard InChI is InChI=1S/C13H11Cl2FN2/c14-11-5-9(1-2-13(11)16)6-18-7-10-3-4-17-8-12(10)15/h1-5,8,18H,6-7H2. The van der Waals surface area contributed by atoms with Gasteiger partial charge in [0.1, 0.15) is 5.82 Å².